The van der Waals surface area contributed by atoms with E-state index in [1.165, 1.54) is 0 Å². The maximum Gasteiger partial charge on any atom is 0.387 e. The first-order valence-electron chi connectivity index (χ1n) is 6.67. The van der Waals surface area contributed by atoms with Gasteiger partial charge in [-0.05, 0) is 19.5 Å². The van der Waals surface area contributed by atoms with Crippen molar-refractivity contribution in [2.75, 3.05) is 26.8 Å². The number of hydrogen-bond acceptors (Lipinski definition) is 4. The van der Waals surface area contributed by atoms with Crippen molar-refractivity contribution in [3.8, 4) is 5.75 Å². The van der Waals surface area contributed by atoms with Gasteiger partial charge in [-0.1, -0.05) is 18.2 Å². The molecule has 0 amide bonds. The van der Waals surface area contributed by atoms with Gasteiger partial charge in [0.2, 0.25) is 0 Å². The van der Waals surface area contributed by atoms with Crippen LogP contribution in [0.5, 0.6) is 5.75 Å². The summed E-state index contributed by atoms with van der Waals surface area (Å²) in [5.74, 6) is 0.184. The third-order valence-corrected chi connectivity index (χ3v) is 3.69. The molecule has 6 heteroatoms. The van der Waals surface area contributed by atoms with Crippen LogP contribution in [0.3, 0.4) is 0 Å². The van der Waals surface area contributed by atoms with Crippen LogP contribution in [0.2, 0.25) is 0 Å². The van der Waals surface area contributed by atoms with E-state index in [2.05, 4.69) is 9.64 Å². The molecule has 2 rings (SSSR count). The SMILES string of the molecule is CN(C1CCOC1)C(CN)c1ccccc1OC(F)F. The van der Waals surface area contributed by atoms with Crippen molar-refractivity contribution in [3.63, 3.8) is 0 Å². The van der Waals surface area contributed by atoms with Crippen molar-refractivity contribution in [2.45, 2.75) is 25.1 Å². The Morgan fingerprint density at radius 1 is 1.45 bits per heavy atom. The molecule has 0 spiro atoms. The van der Waals surface area contributed by atoms with Crippen molar-refractivity contribution in [1.82, 2.24) is 4.90 Å². The number of likely N-dealkylation sites (N-methyl/N-ethyl adjacent to an activating group) is 1. The summed E-state index contributed by atoms with van der Waals surface area (Å²) in [7, 11) is 1.94. The van der Waals surface area contributed by atoms with Gasteiger partial charge in [0.25, 0.3) is 0 Å². The number of nitrogens with zero attached hydrogens (tertiary/aromatic N) is 1. The van der Waals surface area contributed by atoms with Crippen LogP contribution in [0.1, 0.15) is 18.0 Å². The third kappa shape index (κ3) is 3.45. The van der Waals surface area contributed by atoms with Gasteiger partial charge in [0.15, 0.2) is 0 Å². The first kappa shape index (κ1) is 15.2. The van der Waals surface area contributed by atoms with Crippen LogP contribution in [-0.4, -0.2) is 44.4 Å². The summed E-state index contributed by atoms with van der Waals surface area (Å²) in [6.07, 6.45) is 0.921. The number of nitrogens with two attached hydrogens (primary N) is 1. The van der Waals surface area contributed by atoms with E-state index in [0.29, 0.717) is 18.7 Å². The molecule has 20 heavy (non-hydrogen) atoms. The van der Waals surface area contributed by atoms with Crippen LogP contribution in [0.4, 0.5) is 8.78 Å². The Balaban J connectivity index is 2.21. The predicted octanol–water partition coefficient (Wildman–Crippen LogP) is 2.01. The number of rotatable bonds is 6. The Morgan fingerprint density at radius 2 is 2.20 bits per heavy atom. The number of alkyl halides is 2. The zero-order valence-corrected chi connectivity index (χ0v) is 11.5. The fourth-order valence-electron chi connectivity index (χ4n) is 2.57. The topological polar surface area (TPSA) is 47.7 Å². The maximum absolute atomic E-state index is 12.5. The second kappa shape index (κ2) is 6.97. The fourth-order valence-corrected chi connectivity index (χ4v) is 2.57. The van der Waals surface area contributed by atoms with Gasteiger partial charge in [0.1, 0.15) is 5.75 Å². The van der Waals surface area contributed by atoms with E-state index in [4.69, 9.17) is 10.5 Å². The van der Waals surface area contributed by atoms with Gasteiger partial charge < -0.3 is 15.2 Å². The molecule has 0 bridgehead atoms. The molecule has 1 heterocycles. The lowest BCUT2D eigenvalue weighted by molar-refractivity contribution is -0.0512. The summed E-state index contributed by atoms with van der Waals surface area (Å²) in [6.45, 7) is -1.14. The number of benzene rings is 1. The van der Waals surface area contributed by atoms with E-state index in [1.807, 2.05) is 7.05 Å². The zero-order valence-electron chi connectivity index (χ0n) is 11.5. The van der Waals surface area contributed by atoms with E-state index in [0.717, 1.165) is 13.0 Å². The lowest BCUT2D eigenvalue weighted by atomic mass is 10.0. The van der Waals surface area contributed by atoms with Gasteiger partial charge >= 0.3 is 6.61 Å². The van der Waals surface area contributed by atoms with Crippen molar-refractivity contribution in [3.05, 3.63) is 29.8 Å². The van der Waals surface area contributed by atoms with Gasteiger partial charge in [-0.3, -0.25) is 4.90 Å². The number of para-hydroxylation sites is 1. The maximum atomic E-state index is 12.5. The first-order chi connectivity index (χ1) is 9.63. The molecule has 1 saturated heterocycles. The molecule has 2 atom stereocenters. The molecule has 1 aliphatic rings. The number of hydrogen-bond donors (Lipinski definition) is 1. The second-order valence-electron chi connectivity index (χ2n) is 4.85. The lowest BCUT2D eigenvalue weighted by Crippen LogP contribution is -2.39. The summed E-state index contributed by atoms with van der Waals surface area (Å²) in [5, 5.41) is 0. The van der Waals surface area contributed by atoms with Crippen LogP contribution in [-0.2, 0) is 4.74 Å². The molecule has 112 valence electrons. The highest BCUT2D eigenvalue weighted by Crippen LogP contribution is 2.31. The standard InChI is InChI=1S/C14H20F2N2O2/c1-18(10-6-7-19-9-10)12(8-17)11-4-2-3-5-13(11)20-14(15)16/h2-5,10,12,14H,6-9,17H2,1H3. The molecule has 2 N–H and O–H groups in total. The van der Waals surface area contributed by atoms with E-state index in [1.54, 1.807) is 24.3 Å². The fraction of sp³-hybridized carbons (Fsp3) is 0.571. The normalized spacial score (nSPS) is 20.6. The molecule has 1 aromatic carbocycles. The minimum absolute atomic E-state index is 0.170. The molecule has 4 nitrogen and oxygen atoms in total. The molecular weight excluding hydrogens is 266 g/mol. The monoisotopic (exact) mass is 286 g/mol. The summed E-state index contributed by atoms with van der Waals surface area (Å²) < 4.78 is 34.9. The van der Waals surface area contributed by atoms with Crippen LogP contribution >= 0.6 is 0 Å². The van der Waals surface area contributed by atoms with Gasteiger partial charge in [-0.25, -0.2) is 0 Å². The zero-order chi connectivity index (χ0) is 14.5. The second-order valence-corrected chi connectivity index (χ2v) is 4.85. The van der Waals surface area contributed by atoms with Crippen molar-refractivity contribution in [1.29, 1.82) is 0 Å². The molecule has 1 fully saturated rings. The lowest BCUT2D eigenvalue weighted by Gasteiger charge is -2.32. The Bertz CT molecular complexity index is 425. The highest BCUT2D eigenvalue weighted by molar-refractivity contribution is 5.36. The smallest absolute Gasteiger partial charge is 0.387 e. The molecule has 0 aliphatic carbocycles. The molecule has 0 saturated carbocycles. The van der Waals surface area contributed by atoms with Crippen molar-refractivity contribution < 1.29 is 18.3 Å². The van der Waals surface area contributed by atoms with Crippen LogP contribution < -0.4 is 10.5 Å². The van der Waals surface area contributed by atoms with Crippen LogP contribution in [0.15, 0.2) is 24.3 Å². The number of ether oxygens (including phenoxy) is 2. The molecule has 2 unspecified atom stereocenters. The number of halogens is 2. The summed E-state index contributed by atoms with van der Waals surface area (Å²) in [4.78, 5) is 2.08. The summed E-state index contributed by atoms with van der Waals surface area (Å²) >= 11 is 0. The van der Waals surface area contributed by atoms with Crippen LogP contribution in [0.25, 0.3) is 0 Å². The van der Waals surface area contributed by atoms with E-state index in [9.17, 15) is 8.78 Å². The average Bonchev–Trinajstić information content (AvgIpc) is 2.94. The molecule has 1 aliphatic heterocycles. The minimum atomic E-state index is -2.84. The molecule has 0 aromatic heterocycles. The first-order valence-corrected chi connectivity index (χ1v) is 6.67. The molecule has 1 aromatic rings. The van der Waals surface area contributed by atoms with Crippen molar-refractivity contribution in [2.24, 2.45) is 5.73 Å². The van der Waals surface area contributed by atoms with E-state index < -0.39 is 6.61 Å². The third-order valence-electron chi connectivity index (χ3n) is 3.69. The quantitative estimate of drug-likeness (QED) is 0.869. The summed E-state index contributed by atoms with van der Waals surface area (Å²) in [5.41, 5.74) is 6.53. The van der Waals surface area contributed by atoms with Crippen LogP contribution in [0, 0.1) is 0 Å². The van der Waals surface area contributed by atoms with Gasteiger partial charge in [-0.2, -0.15) is 8.78 Å². The van der Waals surface area contributed by atoms with Gasteiger partial charge in [-0.15, -0.1) is 0 Å². The molecule has 0 radical (unpaired) electrons. The largest absolute Gasteiger partial charge is 0.434 e. The van der Waals surface area contributed by atoms with E-state index in [-0.39, 0.29) is 17.8 Å². The predicted molar refractivity (Wildman–Crippen MR) is 71.9 cm³/mol. The van der Waals surface area contributed by atoms with Crippen molar-refractivity contribution >= 4 is 0 Å². The summed E-state index contributed by atoms with van der Waals surface area (Å²) in [6, 6.07) is 6.88. The minimum Gasteiger partial charge on any atom is -0.434 e. The van der Waals surface area contributed by atoms with Gasteiger partial charge in [0, 0.05) is 24.8 Å². The molecular formula is C14H20F2N2O2. The Hall–Kier alpha value is -1.24. The Morgan fingerprint density at radius 3 is 2.80 bits per heavy atom. The van der Waals surface area contributed by atoms with Gasteiger partial charge in [0.05, 0.1) is 12.6 Å². The highest BCUT2D eigenvalue weighted by atomic mass is 19.3. The van der Waals surface area contributed by atoms with E-state index >= 15 is 0 Å². The Labute approximate surface area is 117 Å². The average molecular weight is 286 g/mol. The Kier molecular flexibility index (Phi) is 5.28. The highest BCUT2D eigenvalue weighted by Gasteiger charge is 2.28.